The quantitative estimate of drug-likeness (QED) is 0.675. The molecule has 28 heavy (non-hydrogen) atoms. The summed E-state index contributed by atoms with van der Waals surface area (Å²) in [6.45, 7) is 3.44. The van der Waals surface area contributed by atoms with Gasteiger partial charge < -0.3 is 9.15 Å². The second kappa shape index (κ2) is 8.38. The van der Waals surface area contributed by atoms with Gasteiger partial charge in [0.2, 0.25) is 10.9 Å². The van der Waals surface area contributed by atoms with Crippen LogP contribution in [0.5, 0.6) is 0 Å². The van der Waals surface area contributed by atoms with Crippen molar-refractivity contribution in [1.82, 2.24) is 9.21 Å². The fourth-order valence-corrected chi connectivity index (χ4v) is 4.26. The molecular formula is C18H20F2N2O5S. The predicted octanol–water partition coefficient (Wildman–Crippen LogP) is 2.24. The predicted molar refractivity (Wildman–Crippen MR) is 95.1 cm³/mol. The number of benzene rings is 1. The van der Waals surface area contributed by atoms with Crippen LogP contribution < -0.4 is 0 Å². The molecule has 2 heterocycles. The standard InChI is InChI=1S/C18H20F2N2O5S/c1-2-26-18(23)16-5-6-17(27-16)28(24,25)22-9-7-21(8-10-22)12-13-3-4-14(19)15(20)11-13/h3-6,11H,2,7-10,12H2,1H3. The largest absolute Gasteiger partial charge is 0.460 e. The number of ether oxygens (including phenoxy) is 1. The Bertz CT molecular complexity index is 953. The lowest BCUT2D eigenvalue weighted by Crippen LogP contribution is -2.48. The molecule has 1 aromatic carbocycles. The first-order chi connectivity index (χ1) is 13.3. The minimum absolute atomic E-state index is 0.154. The second-order valence-corrected chi connectivity index (χ2v) is 8.14. The average Bonchev–Trinajstić information content (AvgIpc) is 3.17. The number of carbonyl (C=O) groups excluding carboxylic acids is 1. The van der Waals surface area contributed by atoms with Crippen molar-refractivity contribution in [2.24, 2.45) is 0 Å². The Labute approximate surface area is 161 Å². The first-order valence-corrected chi connectivity index (χ1v) is 10.2. The van der Waals surface area contributed by atoms with Crippen molar-refractivity contribution < 1.29 is 31.1 Å². The zero-order valence-electron chi connectivity index (χ0n) is 15.2. The van der Waals surface area contributed by atoms with Gasteiger partial charge in [0, 0.05) is 32.7 Å². The van der Waals surface area contributed by atoms with Crippen molar-refractivity contribution in [3.8, 4) is 0 Å². The van der Waals surface area contributed by atoms with Crippen LogP contribution in [-0.4, -0.2) is 56.4 Å². The van der Waals surface area contributed by atoms with Gasteiger partial charge in [0.25, 0.3) is 10.0 Å². The maximum absolute atomic E-state index is 13.3. The van der Waals surface area contributed by atoms with Gasteiger partial charge in [0.1, 0.15) is 0 Å². The Balaban J connectivity index is 1.62. The Hall–Kier alpha value is -2.30. The molecule has 3 rings (SSSR count). The number of hydrogen-bond donors (Lipinski definition) is 0. The van der Waals surface area contributed by atoms with Crippen LogP contribution in [0.4, 0.5) is 8.78 Å². The lowest BCUT2D eigenvalue weighted by atomic mass is 10.2. The summed E-state index contributed by atoms with van der Waals surface area (Å²) in [5.74, 6) is -2.70. The molecule has 0 radical (unpaired) electrons. The normalized spacial score (nSPS) is 16.2. The minimum Gasteiger partial charge on any atom is -0.460 e. The molecule has 1 saturated heterocycles. The summed E-state index contributed by atoms with van der Waals surface area (Å²) in [6.07, 6.45) is 0. The highest BCUT2D eigenvalue weighted by molar-refractivity contribution is 7.89. The molecule has 1 aliphatic rings. The number of nitrogens with zero attached hydrogens (tertiary/aromatic N) is 2. The van der Waals surface area contributed by atoms with Crippen LogP contribution in [0.1, 0.15) is 23.0 Å². The number of furan rings is 1. The van der Waals surface area contributed by atoms with Gasteiger partial charge in [-0.3, -0.25) is 4.90 Å². The highest BCUT2D eigenvalue weighted by Gasteiger charge is 2.31. The molecule has 0 N–H and O–H groups in total. The van der Waals surface area contributed by atoms with Gasteiger partial charge in [-0.2, -0.15) is 4.31 Å². The number of rotatable bonds is 6. The van der Waals surface area contributed by atoms with Gasteiger partial charge in [-0.15, -0.1) is 0 Å². The molecule has 1 aromatic heterocycles. The molecule has 7 nitrogen and oxygen atoms in total. The Morgan fingerprint density at radius 3 is 2.46 bits per heavy atom. The fourth-order valence-electron chi connectivity index (χ4n) is 2.92. The van der Waals surface area contributed by atoms with E-state index in [-0.39, 0.29) is 30.5 Å². The smallest absolute Gasteiger partial charge is 0.374 e. The number of hydrogen-bond acceptors (Lipinski definition) is 6. The summed E-state index contributed by atoms with van der Waals surface area (Å²) < 4.78 is 63.0. The number of piperazine rings is 1. The number of sulfonamides is 1. The third-order valence-electron chi connectivity index (χ3n) is 4.37. The Morgan fingerprint density at radius 2 is 1.82 bits per heavy atom. The first kappa shape index (κ1) is 20.4. The van der Waals surface area contributed by atoms with Crippen molar-refractivity contribution >= 4 is 16.0 Å². The van der Waals surface area contributed by atoms with E-state index in [1.54, 1.807) is 6.92 Å². The highest BCUT2D eigenvalue weighted by Crippen LogP contribution is 2.21. The van der Waals surface area contributed by atoms with Gasteiger partial charge in [-0.1, -0.05) is 6.07 Å². The zero-order chi connectivity index (χ0) is 20.3. The molecule has 10 heteroatoms. The van der Waals surface area contributed by atoms with Gasteiger partial charge in [0.15, 0.2) is 11.6 Å². The second-order valence-electron chi connectivity index (χ2n) is 6.27. The molecule has 1 aliphatic heterocycles. The van der Waals surface area contributed by atoms with Crippen molar-refractivity contribution in [3.63, 3.8) is 0 Å². The summed E-state index contributed by atoms with van der Waals surface area (Å²) in [4.78, 5) is 13.6. The highest BCUT2D eigenvalue weighted by atomic mass is 32.2. The maximum Gasteiger partial charge on any atom is 0.374 e. The van der Waals surface area contributed by atoms with E-state index in [1.807, 2.05) is 4.90 Å². The van der Waals surface area contributed by atoms with Crippen LogP contribution in [0.25, 0.3) is 0 Å². The lowest BCUT2D eigenvalue weighted by Gasteiger charge is -2.33. The van der Waals surface area contributed by atoms with E-state index in [2.05, 4.69) is 0 Å². The molecule has 1 fully saturated rings. The third kappa shape index (κ3) is 4.40. The molecule has 0 atom stereocenters. The van der Waals surface area contributed by atoms with E-state index >= 15 is 0 Å². The summed E-state index contributed by atoms with van der Waals surface area (Å²) in [5.41, 5.74) is 0.611. The molecule has 0 unspecified atom stereocenters. The van der Waals surface area contributed by atoms with Crippen LogP contribution in [0.3, 0.4) is 0 Å². The fraction of sp³-hybridized carbons (Fsp3) is 0.389. The topological polar surface area (TPSA) is 80.1 Å². The Morgan fingerprint density at radius 1 is 1.11 bits per heavy atom. The van der Waals surface area contributed by atoms with E-state index in [4.69, 9.17) is 9.15 Å². The van der Waals surface area contributed by atoms with Crippen molar-refractivity contribution in [2.75, 3.05) is 32.8 Å². The van der Waals surface area contributed by atoms with Gasteiger partial charge >= 0.3 is 5.97 Å². The molecular weight excluding hydrogens is 394 g/mol. The van der Waals surface area contributed by atoms with Crippen molar-refractivity contribution in [3.05, 3.63) is 53.3 Å². The van der Waals surface area contributed by atoms with Crippen LogP contribution in [-0.2, 0) is 21.3 Å². The first-order valence-electron chi connectivity index (χ1n) is 8.74. The van der Waals surface area contributed by atoms with Crippen LogP contribution in [0.15, 0.2) is 39.8 Å². The van der Waals surface area contributed by atoms with Gasteiger partial charge in [-0.25, -0.2) is 22.0 Å². The van der Waals surface area contributed by atoms with Gasteiger partial charge in [-0.05, 0) is 36.8 Å². The SMILES string of the molecule is CCOC(=O)c1ccc(S(=O)(=O)N2CCN(Cc3ccc(F)c(F)c3)CC2)o1. The molecule has 152 valence electrons. The summed E-state index contributed by atoms with van der Waals surface area (Å²) >= 11 is 0. The van der Waals surface area contributed by atoms with E-state index in [0.717, 1.165) is 12.1 Å². The summed E-state index contributed by atoms with van der Waals surface area (Å²) in [7, 11) is -3.88. The number of carbonyl (C=O) groups is 1. The zero-order valence-corrected chi connectivity index (χ0v) is 16.0. The van der Waals surface area contributed by atoms with E-state index in [0.29, 0.717) is 25.2 Å². The van der Waals surface area contributed by atoms with Crippen molar-refractivity contribution in [1.29, 1.82) is 0 Å². The molecule has 0 bridgehead atoms. The summed E-state index contributed by atoms with van der Waals surface area (Å²) in [6, 6.07) is 6.21. The third-order valence-corrected chi connectivity index (χ3v) is 6.15. The van der Waals surface area contributed by atoms with Crippen LogP contribution in [0, 0.1) is 11.6 Å². The molecule has 0 amide bonds. The molecule has 2 aromatic rings. The van der Waals surface area contributed by atoms with Crippen molar-refractivity contribution in [2.45, 2.75) is 18.6 Å². The Kier molecular flexibility index (Phi) is 6.11. The van der Waals surface area contributed by atoms with Crippen LogP contribution in [0.2, 0.25) is 0 Å². The molecule has 0 saturated carbocycles. The molecule has 0 aliphatic carbocycles. The maximum atomic E-state index is 13.3. The van der Waals surface area contributed by atoms with Crippen LogP contribution >= 0.6 is 0 Å². The number of halogens is 2. The van der Waals surface area contributed by atoms with Gasteiger partial charge in [0.05, 0.1) is 6.61 Å². The van der Waals surface area contributed by atoms with E-state index in [1.165, 1.54) is 22.5 Å². The van der Waals surface area contributed by atoms with E-state index in [9.17, 15) is 22.0 Å². The monoisotopic (exact) mass is 414 g/mol. The molecule has 0 spiro atoms. The summed E-state index contributed by atoms with van der Waals surface area (Å²) in [5, 5.41) is -0.315. The minimum atomic E-state index is -3.88. The number of esters is 1. The lowest BCUT2D eigenvalue weighted by molar-refractivity contribution is 0.0483. The average molecular weight is 414 g/mol. The van der Waals surface area contributed by atoms with E-state index < -0.39 is 27.6 Å².